The number of anilines is 2. The molecule has 5 heterocycles. The van der Waals surface area contributed by atoms with Crippen molar-refractivity contribution in [3.63, 3.8) is 0 Å². The predicted molar refractivity (Wildman–Crippen MR) is 158 cm³/mol. The van der Waals surface area contributed by atoms with Crippen molar-refractivity contribution in [2.75, 3.05) is 24.7 Å². The first-order valence-electron chi connectivity index (χ1n) is 13.3. The van der Waals surface area contributed by atoms with Crippen LogP contribution in [0.15, 0.2) is 28.2 Å². The van der Waals surface area contributed by atoms with Crippen LogP contribution in [-0.2, 0) is 45.4 Å². The van der Waals surface area contributed by atoms with Crippen molar-refractivity contribution >= 4 is 55.5 Å². The lowest BCUT2D eigenvalue weighted by atomic mass is 10.1. The smallest absolute Gasteiger partial charge is 0.387 e. The maximum absolute atomic E-state index is 11.8. The molecule has 31 heteroatoms. The van der Waals surface area contributed by atoms with Crippen molar-refractivity contribution in [1.29, 1.82) is 0 Å². The number of hydrogen-bond acceptors (Lipinski definition) is 21. The number of aliphatic hydroxyl groups is 4. The van der Waals surface area contributed by atoms with Gasteiger partial charge in [-0.25, -0.2) is 14.3 Å². The van der Waals surface area contributed by atoms with Gasteiger partial charge >= 0.3 is 38.3 Å². The number of phosphoric acid groups is 1. The van der Waals surface area contributed by atoms with Gasteiger partial charge in [-0.3, -0.25) is 23.8 Å². The zero-order valence-electron chi connectivity index (χ0n) is 24.5. The van der Waals surface area contributed by atoms with Gasteiger partial charge in [0.2, 0.25) is 5.95 Å². The minimum atomic E-state index is -5.14. The second-order valence-corrected chi connectivity index (χ2v) is 14.0. The lowest BCUT2D eigenvalue weighted by Crippen LogP contribution is -2.36. The van der Waals surface area contributed by atoms with Gasteiger partial charge < -0.3 is 41.4 Å². The molecular weight excluding hydrogens is 768 g/mol. The molecule has 274 valence electrons. The molecular formula is C19H27N8O19P4+3. The van der Waals surface area contributed by atoms with E-state index in [0.717, 1.165) is 15.5 Å². The van der Waals surface area contributed by atoms with Crippen molar-refractivity contribution in [2.45, 2.75) is 49.1 Å². The first kappa shape index (κ1) is 39.6. The molecule has 12 atom stereocenters. The molecule has 27 nitrogen and oxygen atoms in total. The van der Waals surface area contributed by atoms with Gasteiger partial charge in [-0.05, 0) is 6.07 Å². The summed E-state index contributed by atoms with van der Waals surface area (Å²) < 4.78 is 73.2. The van der Waals surface area contributed by atoms with Crippen LogP contribution >= 0.6 is 32.6 Å². The van der Waals surface area contributed by atoms with E-state index >= 15 is 0 Å². The molecule has 50 heavy (non-hydrogen) atoms. The summed E-state index contributed by atoms with van der Waals surface area (Å²) in [6.07, 6.45) is -8.39. The van der Waals surface area contributed by atoms with E-state index in [0.29, 0.717) is 0 Å². The number of rotatable bonds is 12. The molecule has 5 rings (SSSR count). The minimum Gasteiger partial charge on any atom is -0.387 e. The molecule has 3 aromatic rings. The van der Waals surface area contributed by atoms with E-state index in [1.54, 1.807) is 0 Å². The summed E-state index contributed by atoms with van der Waals surface area (Å²) in [5, 5.41) is 40.0. The zero-order chi connectivity index (χ0) is 37.1. The van der Waals surface area contributed by atoms with Gasteiger partial charge in [0, 0.05) is 28.5 Å². The second kappa shape index (κ2) is 16.5. The number of nitrogen functional groups attached to an aromatic ring is 2. The van der Waals surface area contributed by atoms with E-state index in [2.05, 4.69) is 37.6 Å². The summed E-state index contributed by atoms with van der Waals surface area (Å²) in [5.74, 6) is -0.215. The van der Waals surface area contributed by atoms with Gasteiger partial charge in [0.1, 0.15) is 55.7 Å². The van der Waals surface area contributed by atoms with Crippen LogP contribution < -0.4 is 22.7 Å². The van der Waals surface area contributed by atoms with Crippen molar-refractivity contribution in [3.8, 4) is 0 Å². The summed E-state index contributed by atoms with van der Waals surface area (Å²) in [7, 11) is -14.8. The number of fused-ring (bicyclic) bond motifs is 1. The van der Waals surface area contributed by atoms with Gasteiger partial charge in [-0.15, -0.1) is 18.8 Å². The topological polar surface area (TPSA) is 416 Å². The number of nitrogens with two attached hydrogens (primary N) is 2. The molecule has 2 fully saturated rings. The maximum atomic E-state index is 11.8. The van der Waals surface area contributed by atoms with Gasteiger partial charge in [-0.2, -0.15) is 9.97 Å². The Bertz CT molecular complexity index is 1910. The fourth-order valence-electron chi connectivity index (χ4n) is 4.42. The van der Waals surface area contributed by atoms with E-state index in [9.17, 15) is 48.3 Å². The lowest BCUT2D eigenvalue weighted by Gasteiger charge is -2.16. The largest absolute Gasteiger partial charge is 0.708 e. The predicted octanol–water partition coefficient (Wildman–Crippen LogP) is -3.11. The number of aromatic amines is 1. The van der Waals surface area contributed by atoms with Crippen LogP contribution in [0.5, 0.6) is 0 Å². The van der Waals surface area contributed by atoms with Crippen molar-refractivity contribution < 1.29 is 80.5 Å². The molecule has 0 radical (unpaired) electrons. The van der Waals surface area contributed by atoms with Gasteiger partial charge in [0.05, 0.1) is 6.33 Å². The fourth-order valence-corrected chi connectivity index (χ4v) is 6.92. The molecule has 0 aliphatic carbocycles. The van der Waals surface area contributed by atoms with Crippen LogP contribution in [0.3, 0.4) is 0 Å². The number of ether oxygens (including phenoxy) is 2. The highest BCUT2D eigenvalue weighted by Crippen LogP contribution is 2.57. The number of imidazole rings is 1. The summed E-state index contributed by atoms with van der Waals surface area (Å²) in [6.45, 7) is -1.10. The Morgan fingerprint density at radius 2 is 1.46 bits per heavy atom. The van der Waals surface area contributed by atoms with Crippen LogP contribution in [0.1, 0.15) is 12.5 Å². The Labute approximate surface area is 278 Å². The molecule has 2 saturated heterocycles. The SMILES string of the molecule is Nc1ccn([C@@H]2O[C@H](CO[P+](=O)O)[C@@H](O)[C@H]2O)c(=O)n1.Nc1nc2c(ncn2[C@@H]2O[C@H](CO[P+](=O)OP(=O)(O)O[P+](=O)O)[C@@H](O)[C@H]2O)c(=O)[nH]1. The van der Waals surface area contributed by atoms with Crippen molar-refractivity contribution in [3.05, 3.63) is 39.4 Å². The zero-order valence-corrected chi connectivity index (χ0v) is 28.1. The third-order valence-electron chi connectivity index (χ3n) is 6.56. The number of nitrogens with one attached hydrogen (secondary N) is 1. The van der Waals surface area contributed by atoms with Crippen molar-refractivity contribution in [2.24, 2.45) is 0 Å². The number of hydrogen-bond donors (Lipinski definition) is 10. The van der Waals surface area contributed by atoms with E-state index in [1.807, 2.05) is 0 Å². The van der Waals surface area contributed by atoms with E-state index in [4.69, 9.17) is 35.6 Å². The summed E-state index contributed by atoms with van der Waals surface area (Å²) in [4.78, 5) is 62.9. The molecule has 2 aliphatic rings. The number of aromatic nitrogens is 6. The van der Waals surface area contributed by atoms with Crippen LogP contribution in [0, 0.1) is 0 Å². The first-order chi connectivity index (χ1) is 23.4. The Morgan fingerprint density at radius 1 is 0.880 bits per heavy atom. The van der Waals surface area contributed by atoms with E-state index < -0.39 is 106 Å². The van der Waals surface area contributed by atoms with Gasteiger partial charge in [0.25, 0.3) is 5.56 Å². The molecule has 0 bridgehead atoms. The quantitative estimate of drug-likeness (QED) is 0.0811. The summed E-state index contributed by atoms with van der Waals surface area (Å²) in [6, 6.07) is 1.33. The molecule has 0 saturated carbocycles. The van der Waals surface area contributed by atoms with Crippen molar-refractivity contribution in [1.82, 2.24) is 29.1 Å². The normalized spacial score (nSPS) is 28.5. The first-order valence-corrected chi connectivity index (χ1v) is 18.1. The van der Waals surface area contributed by atoms with Crippen LogP contribution in [0.2, 0.25) is 0 Å². The summed E-state index contributed by atoms with van der Waals surface area (Å²) in [5.41, 5.74) is 9.29. The molecule has 0 amide bonds. The van der Waals surface area contributed by atoms with Crippen LogP contribution in [-0.4, -0.2) is 114 Å². The molecule has 3 aromatic heterocycles. The molecule has 12 N–H and O–H groups in total. The molecule has 2 aliphatic heterocycles. The lowest BCUT2D eigenvalue weighted by molar-refractivity contribution is -0.0516. The summed E-state index contributed by atoms with van der Waals surface area (Å²) >= 11 is 0. The minimum absolute atomic E-state index is 0.0106. The Kier molecular flexibility index (Phi) is 13.0. The number of H-pyrrole nitrogens is 1. The fraction of sp³-hybridized carbons (Fsp3) is 0.526. The number of nitrogens with zero attached hydrogens (tertiary/aromatic N) is 5. The molecule has 0 spiro atoms. The van der Waals surface area contributed by atoms with Crippen LogP contribution in [0.4, 0.5) is 11.8 Å². The Hall–Kier alpha value is -3.16. The highest BCUT2D eigenvalue weighted by Gasteiger charge is 2.49. The Balaban J connectivity index is 0.000000244. The number of aliphatic hydroxyl groups excluding tert-OH is 4. The average molecular weight is 795 g/mol. The van der Waals surface area contributed by atoms with Gasteiger partial charge in [0.15, 0.2) is 23.6 Å². The second-order valence-electron chi connectivity index (χ2n) is 9.83. The molecule has 4 unspecified atom stereocenters. The van der Waals surface area contributed by atoms with E-state index in [1.165, 1.54) is 12.3 Å². The van der Waals surface area contributed by atoms with E-state index in [-0.39, 0.29) is 22.9 Å². The standard InChI is InChI=1S/C10H12N5O12P3.C9H12N3O7P/c11-10-13-7-4(8(18)14-10)12-2-15(7)9-6(17)5(16)3(25-9)1-24-29(21)27-30(22,23)26-28(19)20;10-5-1-2-12(9(15)11-5)8-7(14)6(13)4(19-8)3-18-20(16)17/h2-3,5-6,9,16-17H,1H2,(H3-2,11,13,14,18,19,20,22,23);1-2,4,6-8,13-14H,3H2,(H2-,10,11,15,16,17)/p+3/t3-,5-,6-,9-;4-,6-,7-,8-/m11/s1. The maximum Gasteiger partial charge on any atom is 0.708 e. The third kappa shape index (κ3) is 9.58. The average Bonchev–Trinajstić information content (AvgIpc) is 3.64. The van der Waals surface area contributed by atoms with Crippen LogP contribution in [0.25, 0.3) is 11.2 Å². The molecule has 0 aromatic carbocycles. The third-order valence-corrected chi connectivity index (χ3v) is 10.0. The monoisotopic (exact) mass is 795 g/mol. The highest BCUT2D eigenvalue weighted by atomic mass is 31.3. The van der Waals surface area contributed by atoms with Gasteiger partial charge in [-0.1, -0.05) is 0 Å². The highest BCUT2D eigenvalue weighted by molar-refractivity contribution is 7.61. The Morgan fingerprint density at radius 3 is 2.02 bits per heavy atom.